The van der Waals surface area contributed by atoms with E-state index >= 15 is 0 Å². The normalized spacial score (nSPS) is 10.7. The summed E-state index contributed by atoms with van der Waals surface area (Å²) in [7, 11) is 1.86. The lowest BCUT2D eigenvalue weighted by molar-refractivity contribution is -0.145. The number of carbonyl (C=O) groups excluding carboxylic acids is 1. The van der Waals surface area contributed by atoms with E-state index in [4.69, 9.17) is 9.47 Å². The molecule has 1 heterocycles. The molecule has 5 nitrogen and oxygen atoms in total. The third kappa shape index (κ3) is 7.94. The number of esters is 1. The van der Waals surface area contributed by atoms with Crippen molar-refractivity contribution in [2.24, 2.45) is 7.05 Å². The Labute approximate surface area is 121 Å². The van der Waals surface area contributed by atoms with E-state index in [0.29, 0.717) is 26.1 Å². The lowest BCUT2D eigenvalue weighted by atomic mass is 10.2. The number of aromatic nitrogens is 2. The van der Waals surface area contributed by atoms with Crippen LogP contribution in [0.1, 0.15) is 44.7 Å². The summed E-state index contributed by atoms with van der Waals surface area (Å²) in [5.74, 6) is -0.190. The average molecular weight is 282 g/mol. The Morgan fingerprint density at radius 1 is 1.25 bits per heavy atom. The fraction of sp³-hybridized carbons (Fsp3) is 0.733. The van der Waals surface area contributed by atoms with Gasteiger partial charge in [0.05, 0.1) is 18.7 Å². The first-order valence-electron chi connectivity index (χ1n) is 7.44. The molecule has 20 heavy (non-hydrogen) atoms. The molecule has 0 aliphatic carbocycles. The molecule has 5 heteroatoms. The molecule has 0 aliphatic heterocycles. The molecule has 0 amide bonds. The van der Waals surface area contributed by atoms with Gasteiger partial charge in [0.15, 0.2) is 0 Å². The molecule has 0 fully saturated rings. The largest absolute Gasteiger partial charge is 0.463 e. The second kappa shape index (κ2) is 10.4. The van der Waals surface area contributed by atoms with Crippen molar-refractivity contribution in [1.29, 1.82) is 0 Å². The van der Waals surface area contributed by atoms with Gasteiger partial charge < -0.3 is 9.47 Å². The Bertz CT molecular complexity index is 377. The first-order valence-corrected chi connectivity index (χ1v) is 7.44. The van der Waals surface area contributed by atoms with Gasteiger partial charge in [0.2, 0.25) is 0 Å². The summed E-state index contributed by atoms with van der Waals surface area (Å²) in [6, 6.07) is 1.91. The molecular formula is C15H26N2O3. The summed E-state index contributed by atoms with van der Waals surface area (Å²) in [5.41, 5.74) is 0.914. The highest BCUT2D eigenvalue weighted by molar-refractivity contribution is 5.69. The van der Waals surface area contributed by atoms with Gasteiger partial charge in [-0.25, -0.2) is 0 Å². The zero-order chi connectivity index (χ0) is 14.6. The van der Waals surface area contributed by atoms with Gasteiger partial charge in [0.1, 0.15) is 6.61 Å². The van der Waals surface area contributed by atoms with Crippen molar-refractivity contribution < 1.29 is 14.3 Å². The number of hydrogen-bond acceptors (Lipinski definition) is 4. The molecular weight excluding hydrogens is 256 g/mol. The number of rotatable bonds is 11. The van der Waals surface area contributed by atoms with Crippen molar-refractivity contribution in [2.45, 2.75) is 45.4 Å². The van der Waals surface area contributed by atoms with Gasteiger partial charge in [-0.1, -0.05) is 26.2 Å². The van der Waals surface area contributed by atoms with Crippen molar-refractivity contribution in [3.63, 3.8) is 0 Å². The highest BCUT2D eigenvalue weighted by Gasteiger charge is 2.05. The van der Waals surface area contributed by atoms with Crippen molar-refractivity contribution in [3.05, 3.63) is 18.0 Å². The summed E-state index contributed by atoms with van der Waals surface area (Å²) in [6.45, 7) is 3.77. The lowest BCUT2D eigenvalue weighted by Crippen LogP contribution is -2.11. The van der Waals surface area contributed by atoms with E-state index in [1.54, 1.807) is 4.68 Å². The van der Waals surface area contributed by atoms with Gasteiger partial charge in [-0.05, 0) is 12.5 Å². The molecule has 0 aliphatic rings. The summed E-state index contributed by atoms with van der Waals surface area (Å²) < 4.78 is 12.2. The highest BCUT2D eigenvalue weighted by Crippen LogP contribution is 2.01. The molecule has 0 aromatic carbocycles. The molecule has 0 bridgehead atoms. The molecule has 0 unspecified atom stereocenters. The standard InChI is InChI=1S/C15H26N2O3/c1-3-4-5-6-11-19-12-13-20-15(18)8-7-14-9-10-17(2)16-14/h9-10H,3-8,11-13H2,1-2H3. The van der Waals surface area contributed by atoms with Gasteiger partial charge >= 0.3 is 5.97 Å². The van der Waals surface area contributed by atoms with Crippen LogP contribution in [0.25, 0.3) is 0 Å². The van der Waals surface area contributed by atoms with Crippen LogP contribution in [0.2, 0.25) is 0 Å². The van der Waals surface area contributed by atoms with Gasteiger partial charge in [-0.15, -0.1) is 0 Å². The van der Waals surface area contributed by atoms with E-state index in [1.165, 1.54) is 19.3 Å². The summed E-state index contributed by atoms with van der Waals surface area (Å²) in [6.07, 6.45) is 7.64. The Hall–Kier alpha value is -1.36. The third-order valence-electron chi connectivity index (χ3n) is 2.99. The van der Waals surface area contributed by atoms with E-state index in [0.717, 1.165) is 18.7 Å². The SMILES string of the molecule is CCCCCCOCCOC(=O)CCc1ccn(C)n1. The van der Waals surface area contributed by atoms with E-state index < -0.39 is 0 Å². The number of carbonyl (C=O) groups is 1. The molecule has 1 aromatic heterocycles. The first kappa shape index (κ1) is 16.7. The number of nitrogens with zero attached hydrogens (tertiary/aromatic N) is 2. The summed E-state index contributed by atoms with van der Waals surface area (Å²) in [4.78, 5) is 11.5. The Morgan fingerprint density at radius 2 is 2.10 bits per heavy atom. The van der Waals surface area contributed by atoms with Crippen molar-refractivity contribution in [3.8, 4) is 0 Å². The minimum Gasteiger partial charge on any atom is -0.463 e. The van der Waals surface area contributed by atoms with Crippen LogP contribution >= 0.6 is 0 Å². The lowest BCUT2D eigenvalue weighted by Gasteiger charge is -2.05. The van der Waals surface area contributed by atoms with Crippen LogP contribution in [-0.2, 0) is 27.7 Å². The molecule has 0 atom stereocenters. The van der Waals surface area contributed by atoms with Crippen molar-refractivity contribution in [1.82, 2.24) is 9.78 Å². The van der Waals surface area contributed by atoms with Gasteiger partial charge in [-0.2, -0.15) is 5.10 Å². The van der Waals surface area contributed by atoms with Gasteiger partial charge in [0.25, 0.3) is 0 Å². The summed E-state index contributed by atoms with van der Waals surface area (Å²) in [5, 5.41) is 4.21. The van der Waals surface area contributed by atoms with Crippen LogP contribution < -0.4 is 0 Å². The zero-order valence-electron chi connectivity index (χ0n) is 12.6. The number of hydrogen-bond donors (Lipinski definition) is 0. The highest BCUT2D eigenvalue weighted by atomic mass is 16.6. The Morgan fingerprint density at radius 3 is 2.80 bits per heavy atom. The van der Waals surface area contributed by atoms with Gasteiger partial charge in [-0.3, -0.25) is 9.48 Å². The van der Waals surface area contributed by atoms with Crippen LogP contribution in [0.5, 0.6) is 0 Å². The van der Waals surface area contributed by atoms with E-state index in [2.05, 4.69) is 12.0 Å². The quantitative estimate of drug-likeness (QED) is 0.462. The van der Waals surface area contributed by atoms with Crippen molar-refractivity contribution >= 4 is 5.97 Å². The molecule has 0 radical (unpaired) electrons. The maximum absolute atomic E-state index is 11.5. The minimum atomic E-state index is -0.190. The smallest absolute Gasteiger partial charge is 0.306 e. The maximum atomic E-state index is 11.5. The number of aryl methyl sites for hydroxylation is 2. The monoisotopic (exact) mass is 282 g/mol. The average Bonchev–Trinajstić information content (AvgIpc) is 2.85. The van der Waals surface area contributed by atoms with Crippen LogP contribution in [0.4, 0.5) is 0 Å². The molecule has 0 N–H and O–H groups in total. The van der Waals surface area contributed by atoms with Crippen LogP contribution in [0, 0.1) is 0 Å². The number of ether oxygens (including phenoxy) is 2. The van der Waals surface area contributed by atoms with Crippen LogP contribution in [0.15, 0.2) is 12.3 Å². The van der Waals surface area contributed by atoms with Crippen molar-refractivity contribution in [2.75, 3.05) is 19.8 Å². The second-order valence-electron chi connectivity index (χ2n) is 4.87. The van der Waals surface area contributed by atoms with Crippen LogP contribution in [-0.4, -0.2) is 35.6 Å². The van der Waals surface area contributed by atoms with E-state index in [1.807, 2.05) is 19.3 Å². The second-order valence-corrected chi connectivity index (χ2v) is 4.87. The maximum Gasteiger partial charge on any atom is 0.306 e. The predicted molar refractivity (Wildman–Crippen MR) is 77.4 cm³/mol. The fourth-order valence-corrected chi connectivity index (χ4v) is 1.85. The predicted octanol–water partition coefficient (Wildman–Crippen LogP) is 2.49. The Balaban J connectivity index is 1.92. The van der Waals surface area contributed by atoms with Crippen LogP contribution in [0.3, 0.4) is 0 Å². The third-order valence-corrected chi connectivity index (χ3v) is 2.99. The fourth-order valence-electron chi connectivity index (χ4n) is 1.85. The molecule has 0 saturated carbocycles. The first-order chi connectivity index (χ1) is 9.72. The molecule has 0 saturated heterocycles. The summed E-state index contributed by atoms with van der Waals surface area (Å²) >= 11 is 0. The molecule has 0 spiro atoms. The molecule has 1 rings (SSSR count). The van der Waals surface area contributed by atoms with Gasteiger partial charge in [0, 0.05) is 26.3 Å². The topological polar surface area (TPSA) is 53.4 Å². The molecule has 1 aromatic rings. The van der Waals surface area contributed by atoms with E-state index in [-0.39, 0.29) is 5.97 Å². The molecule has 114 valence electrons. The number of unbranched alkanes of at least 4 members (excludes halogenated alkanes) is 3. The minimum absolute atomic E-state index is 0.190. The zero-order valence-corrected chi connectivity index (χ0v) is 12.6. The van der Waals surface area contributed by atoms with E-state index in [9.17, 15) is 4.79 Å². The Kier molecular flexibility index (Phi) is 8.71.